The van der Waals surface area contributed by atoms with Crippen molar-refractivity contribution in [2.24, 2.45) is 7.05 Å². The third-order valence-corrected chi connectivity index (χ3v) is 3.87. The molecule has 3 rings (SSSR count). The smallest absolute Gasteiger partial charge is 0.380 e. The lowest BCUT2D eigenvalue weighted by atomic mass is 10.2. The van der Waals surface area contributed by atoms with Gasteiger partial charge in [0.2, 0.25) is 12.1 Å². The average Bonchev–Trinajstić information content (AvgIpc) is 3.17. The van der Waals surface area contributed by atoms with E-state index in [0.29, 0.717) is 17.9 Å². The third-order valence-electron chi connectivity index (χ3n) is 3.87. The van der Waals surface area contributed by atoms with Crippen LogP contribution in [0.5, 0.6) is 0 Å². The van der Waals surface area contributed by atoms with Gasteiger partial charge in [-0.15, -0.1) is 0 Å². The van der Waals surface area contributed by atoms with E-state index in [1.165, 1.54) is 17.0 Å². The summed E-state index contributed by atoms with van der Waals surface area (Å²) in [5, 5.41) is 16.8. The van der Waals surface area contributed by atoms with Crippen molar-refractivity contribution in [2.45, 2.75) is 18.9 Å². The van der Waals surface area contributed by atoms with Gasteiger partial charge in [-0.1, -0.05) is 0 Å². The van der Waals surface area contributed by atoms with Gasteiger partial charge in [0.1, 0.15) is 5.82 Å². The summed E-state index contributed by atoms with van der Waals surface area (Å²) >= 11 is 0. The number of ether oxygens (including phenoxy) is 1. The van der Waals surface area contributed by atoms with Crippen molar-refractivity contribution >= 4 is 23.0 Å². The standard InChI is InChI=1S/C15H18FN5O3/c1-20-9-18-14(21(22)23)15(20)19-10-4-5-13(12(16)7-10)17-8-11-3-2-6-24-11/h4-5,7,9,11,17,19H,2-3,6,8H2,1H3. The van der Waals surface area contributed by atoms with Gasteiger partial charge >= 0.3 is 5.82 Å². The van der Waals surface area contributed by atoms with Crippen LogP contribution >= 0.6 is 0 Å². The molecule has 24 heavy (non-hydrogen) atoms. The molecular weight excluding hydrogens is 317 g/mol. The van der Waals surface area contributed by atoms with Gasteiger partial charge in [0, 0.05) is 25.9 Å². The lowest BCUT2D eigenvalue weighted by Crippen LogP contribution is -2.18. The Morgan fingerprint density at radius 2 is 2.38 bits per heavy atom. The second-order valence-electron chi connectivity index (χ2n) is 5.62. The van der Waals surface area contributed by atoms with E-state index >= 15 is 0 Å². The molecule has 0 aliphatic carbocycles. The summed E-state index contributed by atoms with van der Waals surface area (Å²) in [7, 11) is 1.62. The minimum absolute atomic E-state index is 0.110. The van der Waals surface area contributed by atoms with Crippen LogP contribution in [0.3, 0.4) is 0 Å². The van der Waals surface area contributed by atoms with Gasteiger partial charge in [0.15, 0.2) is 0 Å². The molecule has 1 saturated heterocycles. The van der Waals surface area contributed by atoms with Crippen LogP contribution in [0, 0.1) is 15.9 Å². The van der Waals surface area contributed by atoms with E-state index in [-0.39, 0.29) is 17.7 Å². The summed E-state index contributed by atoms with van der Waals surface area (Å²) in [6, 6.07) is 4.53. The lowest BCUT2D eigenvalue weighted by molar-refractivity contribution is -0.388. The summed E-state index contributed by atoms with van der Waals surface area (Å²) in [5.74, 6) is -0.555. The van der Waals surface area contributed by atoms with Crippen LogP contribution in [0.15, 0.2) is 24.5 Å². The summed E-state index contributed by atoms with van der Waals surface area (Å²) in [5.41, 5.74) is 0.775. The third kappa shape index (κ3) is 3.46. The highest BCUT2D eigenvalue weighted by Gasteiger charge is 2.20. The maximum Gasteiger partial charge on any atom is 0.406 e. The fraction of sp³-hybridized carbons (Fsp3) is 0.400. The molecule has 1 unspecified atom stereocenters. The number of imidazole rings is 1. The van der Waals surface area contributed by atoms with E-state index in [4.69, 9.17) is 4.74 Å². The first-order chi connectivity index (χ1) is 11.5. The Balaban J connectivity index is 1.70. The largest absolute Gasteiger partial charge is 0.406 e. The topological polar surface area (TPSA) is 94.2 Å². The predicted molar refractivity (Wildman–Crippen MR) is 87.0 cm³/mol. The molecule has 0 spiro atoms. The fourth-order valence-corrected chi connectivity index (χ4v) is 2.60. The summed E-state index contributed by atoms with van der Waals surface area (Å²) in [6.45, 7) is 1.30. The van der Waals surface area contributed by atoms with E-state index in [0.717, 1.165) is 19.4 Å². The minimum atomic E-state index is -0.587. The van der Waals surface area contributed by atoms with Crippen LogP contribution in [0.25, 0.3) is 0 Å². The number of nitrogens with one attached hydrogen (secondary N) is 2. The second kappa shape index (κ2) is 6.83. The average molecular weight is 335 g/mol. The van der Waals surface area contributed by atoms with Crippen molar-refractivity contribution in [3.05, 3.63) is 40.5 Å². The first kappa shape index (κ1) is 16.2. The molecule has 1 fully saturated rings. The molecule has 0 radical (unpaired) electrons. The summed E-state index contributed by atoms with van der Waals surface area (Å²) < 4.78 is 21.2. The molecule has 1 aromatic heterocycles. The van der Waals surface area contributed by atoms with E-state index < -0.39 is 10.7 Å². The Morgan fingerprint density at radius 3 is 3.04 bits per heavy atom. The first-order valence-corrected chi connectivity index (χ1v) is 7.62. The Labute approximate surface area is 137 Å². The van der Waals surface area contributed by atoms with E-state index in [2.05, 4.69) is 15.6 Å². The molecule has 8 nitrogen and oxygen atoms in total. The maximum atomic E-state index is 14.2. The molecule has 1 atom stereocenters. The lowest BCUT2D eigenvalue weighted by Gasteiger charge is -2.13. The zero-order chi connectivity index (χ0) is 17.1. The Hall–Kier alpha value is -2.68. The molecule has 2 N–H and O–H groups in total. The second-order valence-corrected chi connectivity index (χ2v) is 5.62. The molecule has 0 amide bonds. The van der Waals surface area contributed by atoms with Gasteiger partial charge in [-0.25, -0.2) is 4.39 Å². The van der Waals surface area contributed by atoms with E-state index in [9.17, 15) is 14.5 Å². The minimum Gasteiger partial charge on any atom is -0.380 e. The van der Waals surface area contributed by atoms with Crippen LogP contribution in [-0.2, 0) is 11.8 Å². The van der Waals surface area contributed by atoms with Crippen LogP contribution in [0.4, 0.5) is 27.4 Å². The number of nitro groups is 1. The summed E-state index contributed by atoms with van der Waals surface area (Å²) in [4.78, 5) is 14.1. The number of nitrogens with zero attached hydrogens (tertiary/aromatic N) is 3. The van der Waals surface area contributed by atoms with Gasteiger partial charge in [0.25, 0.3) is 0 Å². The number of aryl methyl sites for hydroxylation is 1. The molecule has 1 aliphatic rings. The van der Waals surface area contributed by atoms with Crippen LogP contribution in [0.1, 0.15) is 12.8 Å². The molecule has 2 heterocycles. The highest BCUT2D eigenvalue weighted by atomic mass is 19.1. The first-order valence-electron chi connectivity index (χ1n) is 7.62. The normalized spacial score (nSPS) is 17.0. The fourth-order valence-electron chi connectivity index (χ4n) is 2.60. The van der Waals surface area contributed by atoms with Gasteiger partial charge in [-0.2, -0.15) is 0 Å². The van der Waals surface area contributed by atoms with Crippen LogP contribution < -0.4 is 10.6 Å². The van der Waals surface area contributed by atoms with E-state index in [1.54, 1.807) is 19.2 Å². The Bertz CT molecular complexity index is 743. The summed E-state index contributed by atoms with van der Waals surface area (Å²) in [6.07, 6.45) is 3.44. The maximum absolute atomic E-state index is 14.2. The van der Waals surface area contributed by atoms with Gasteiger partial charge in [-0.05, 0) is 40.9 Å². The van der Waals surface area contributed by atoms with Crippen molar-refractivity contribution in [1.29, 1.82) is 0 Å². The molecule has 1 aliphatic heterocycles. The van der Waals surface area contributed by atoms with Crippen molar-refractivity contribution < 1.29 is 14.1 Å². The number of rotatable bonds is 6. The van der Waals surface area contributed by atoms with Crippen LogP contribution in [0.2, 0.25) is 0 Å². The number of aromatic nitrogens is 2. The highest BCUT2D eigenvalue weighted by molar-refractivity contribution is 5.66. The van der Waals surface area contributed by atoms with Gasteiger partial charge < -0.3 is 25.5 Å². The number of hydrogen-bond acceptors (Lipinski definition) is 6. The molecule has 2 aromatic rings. The van der Waals surface area contributed by atoms with Crippen molar-refractivity contribution in [3.8, 4) is 0 Å². The van der Waals surface area contributed by atoms with Crippen molar-refractivity contribution in [1.82, 2.24) is 9.55 Å². The number of anilines is 3. The number of halogens is 1. The van der Waals surface area contributed by atoms with Crippen molar-refractivity contribution in [2.75, 3.05) is 23.8 Å². The van der Waals surface area contributed by atoms with Gasteiger partial charge in [-0.3, -0.25) is 4.57 Å². The van der Waals surface area contributed by atoms with Gasteiger partial charge in [0.05, 0.1) is 11.8 Å². The Morgan fingerprint density at radius 1 is 1.54 bits per heavy atom. The predicted octanol–water partition coefficient (Wildman–Crippen LogP) is 2.80. The van der Waals surface area contributed by atoms with E-state index in [1.807, 2.05) is 0 Å². The van der Waals surface area contributed by atoms with Crippen LogP contribution in [-0.4, -0.2) is 33.7 Å². The molecule has 0 bridgehead atoms. The molecule has 9 heteroatoms. The number of benzene rings is 1. The molecule has 0 saturated carbocycles. The molecular formula is C15H18FN5O3. The zero-order valence-electron chi connectivity index (χ0n) is 13.2. The molecule has 128 valence electrons. The Kier molecular flexibility index (Phi) is 4.61. The monoisotopic (exact) mass is 335 g/mol. The quantitative estimate of drug-likeness (QED) is 0.623. The SMILES string of the molecule is Cn1cnc([N+](=O)[O-])c1Nc1ccc(NCC2CCCO2)c(F)c1. The zero-order valence-corrected chi connectivity index (χ0v) is 13.2. The highest BCUT2D eigenvalue weighted by Crippen LogP contribution is 2.27. The number of hydrogen-bond donors (Lipinski definition) is 2. The molecule has 1 aromatic carbocycles. The van der Waals surface area contributed by atoms with Crippen molar-refractivity contribution in [3.63, 3.8) is 0 Å².